The first kappa shape index (κ1) is 15.8. The maximum Gasteiger partial charge on any atom is 0.297 e. The molecule has 1 unspecified atom stereocenters. The van der Waals surface area contributed by atoms with Gasteiger partial charge >= 0.3 is 0 Å². The molecule has 3 aromatic heterocycles. The molecule has 0 bridgehead atoms. The number of rotatable bonds is 2. The van der Waals surface area contributed by atoms with Gasteiger partial charge in [0.25, 0.3) is 5.91 Å². The summed E-state index contributed by atoms with van der Waals surface area (Å²) >= 11 is 1.28. The van der Waals surface area contributed by atoms with Gasteiger partial charge in [0, 0.05) is 6.20 Å². The third-order valence-corrected chi connectivity index (χ3v) is 5.30. The molecular formula is C19H12N4O3S. The number of nitrogens with zero attached hydrogens (tertiary/aromatic N) is 4. The van der Waals surface area contributed by atoms with Crippen LogP contribution in [0.3, 0.4) is 0 Å². The van der Waals surface area contributed by atoms with Crippen LogP contribution >= 0.6 is 11.3 Å². The summed E-state index contributed by atoms with van der Waals surface area (Å²) in [6, 6.07) is 11.6. The molecule has 4 aromatic rings. The maximum absolute atomic E-state index is 13.2. The van der Waals surface area contributed by atoms with Crippen LogP contribution in [-0.4, -0.2) is 21.1 Å². The number of para-hydroxylation sites is 1. The zero-order valence-corrected chi connectivity index (χ0v) is 14.9. The van der Waals surface area contributed by atoms with Crippen molar-refractivity contribution in [1.29, 1.82) is 0 Å². The number of fused-ring (bicyclic) bond motifs is 2. The third-order valence-electron chi connectivity index (χ3n) is 4.47. The number of hydrogen-bond donors (Lipinski definition) is 0. The van der Waals surface area contributed by atoms with Crippen molar-refractivity contribution in [3.05, 3.63) is 80.9 Å². The molecule has 1 aliphatic heterocycles. The minimum atomic E-state index is -0.707. The SMILES string of the molecule is Cc1nnc(N2C(=O)c3oc4ccccc4c(=O)c3C2c2ccccn2)s1. The van der Waals surface area contributed by atoms with Gasteiger partial charge in [-0.1, -0.05) is 29.5 Å². The van der Waals surface area contributed by atoms with Crippen LogP contribution in [0.25, 0.3) is 11.0 Å². The normalized spacial score (nSPS) is 16.1. The molecule has 5 rings (SSSR count). The summed E-state index contributed by atoms with van der Waals surface area (Å²) in [4.78, 5) is 32.2. The Bertz CT molecular complexity index is 1250. The molecule has 8 heteroatoms. The fourth-order valence-electron chi connectivity index (χ4n) is 3.32. The van der Waals surface area contributed by atoms with E-state index < -0.39 is 11.9 Å². The molecular weight excluding hydrogens is 364 g/mol. The second kappa shape index (κ2) is 5.82. The van der Waals surface area contributed by atoms with Gasteiger partial charge in [-0.2, -0.15) is 0 Å². The fourth-order valence-corrected chi connectivity index (χ4v) is 4.03. The van der Waals surface area contributed by atoms with E-state index >= 15 is 0 Å². The third kappa shape index (κ3) is 2.30. The number of amides is 1. The second-order valence-corrected chi connectivity index (χ2v) is 7.27. The summed E-state index contributed by atoms with van der Waals surface area (Å²) in [5.41, 5.74) is 0.995. The lowest BCUT2D eigenvalue weighted by Crippen LogP contribution is -2.30. The molecule has 1 aliphatic rings. The Kier molecular flexibility index (Phi) is 3.41. The first-order chi connectivity index (χ1) is 13.1. The summed E-state index contributed by atoms with van der Waals surface area (Å²) in [5.74, 6) is -0.387. The largest absolute Gasteiger partial charge is 0.450 e. The average molecular weight is 376 g/mol. The van der Waals surface area contributed by atoms with Gasteiger partial charge < -0.3 is 4.42 Å². The number of carbonyl (C=O) groups is 1. The molecule has 1 atom stereocenters. The number of carbonyl (C=O) groups excluding carboxylic acids is 1. The predicted molar refractivity (Wildman–Crippen MR) is 100 cm³/mol. The van der Waals surface area contributed by atoms with E-state index in [4.69, 9.17) is 4.42 Å². The molecule has 0 fully saturated rings. The molecule has 0 radical (unpaired) electrons. The van der Waals surface area contributed by atoms with Crippen LogP contribution in [0.15, 0.2) is 57.9 Å². The number of aryl methyl sites for hydroxylation is 1. The van der Waals surface area contributed by atoms with Crippen molar-refractivity contribution in [3.8, 4) is 0 Å². The highest BCUT2D eigenvalue weighted by Crippen LogP contribution is 2.41. The topological polar surface area (TPSA) is 89.2 Å². The van der Waals surface area contributed by atoms with Gasteiger partial charge in [0.15, 0.2) is 5.43 Å². The molecule has 0 N–H and O–H groups in total. The van der Waals surface area contributed by atoms with Gasteiger partial charge in [0.2, 0.25) is 10.9 Å². The molecule has 27 heavy (non-hydrogen) atoms. The minimum Gasteiger partial charge on any atom is -0.450 e. The van der Waals surface area contributed by atoms with E-state index in [9.17, 15) is 9.59 Å². The fraction of sp³-hybridized carbons (Fsp3) is 0.105. The van der Waals surface area contributed by atoms with E-state index in [0.717, 1.165) is 5.01 Å². The minimum absolute atomic E-state index is 0.0298. The van der Waals surface area contributed by atoms with E-state index in [1.165, 1.54) is 16.2 Å². The van der Waals surface area contributed by atoms with Gasteiger partial charge in [-0.15, -0.1) is 10.2 Å². The molecule has 4 heterocycles. The van der Waals surface area contributed by atoms with Crippen LogP contribution in [0.1, 0.15) is 32.9 Å². The molecule has 132 valence electrons. The lowest BCUT2D eigenvalue weighted by atomic mass is 10.0. The Hall–Kier alpha value is -3.39. The van der Waals surface area contributed by atoms with Gasteiger partial charge in [-0.25, -0.2) is 0 Å². The quantitative estimate of drug-likeness (QED) is 0.534. The molecule has 0 saturated carbocycles. The lowest BCUT2D eigenvalue weighted by Gasteiger charge is -2.20. The number of pyridine rings is 1. The van der Waals surface area contributed by atoms with Gasteiger partial charge in [0.1, 0.15) is 16.6 Å². The van der Waals surface area contributed by atoms with Crippen molar-refractivity contribution >= 4 is 33.3 Å². The van der Waals surface area contributed by atoms with Crippen LogP contribution in [-0.2, 0) is 0 Å². The highest BCUT2D eigenvalue weighted by molar-refractivity contribution is 7.15. The first-order valence-corrected chi connectivity index (χ1v) is 9.07. The van der Waals surface area contributed by atoms with E-state index in [0.29, 0.717) is 21.8 Å². The molecule has 0 spiro atoms. The predicted octanol–water partition coefficient (Wildman–Crippen LogP) is 3.10. The first-order valence-electron chi connectivity index (χ1n) is 8.25. The average Bonchev–Trinajstić information content (AvgIpc) is 3.24. The Morgan fingerprint density at radius 3 is 2.63 bits per heavy atom. The highest BCUT2D eigenvalue weighted by atomic mass is 32.1. The van der Waals surface area contributed by atoms with Crippen molar-refractivity contribution in [3.63, 3.8) is 0 Å². The molecule has 0 saturated heterocycles. The summed E-state index contributed by atoms with van der Waals surface area (Å²) in [6.07, 6.45) is 1.63. The van der Waals surface area contributed by atoms with E-state index in [1.54, 1.807) is 42.6 Å². The van der Waals surface area contributed by atoms with Gasteiger partial charge in [0.05, 0.1) is 16.6 Å². The Labute approximate surface area is 156 Å². The number of anilines is 1. The highest BCUT2D eigenvalue weighted by Gasteiger charge is 2.45. The van der Waals surface area contributed by atoms with Crippen LogP contribution in [0, 0.1) is 6.92 Å². The Morgan fingerprint density at radius 2 is 1.89 bits per heavy atom. The van der Waals surface area contributed by atoms with E-state index in [-0.39, 0.29) is 16.8 Å². The van der Waals surface area contributed by atoms with Crippen molar-refractivity contribution < 1.29 is 9.21 Å². The van der Waals surface area contributed by atoms with Crippen molar-refractivity contribution in [1.82, 2.24) is 15.2 Å². The summed E-state index contributed by atoms with van der Waals surface area (Å²) < 4.78 is 5.85. The van der Waals surface area contributed by atoms with E-state index in [2.05, 4.69) is 15.2 Å². The van der Waals surface area contributed by atoms with Gasteiger partial charge in [-0.05, 0) is 31.2 Å². The molecule has 1 aromatic carbocycles. The van der Waals surface area contributed by atoms with Crippen molar-refractivity contribution in [2.75, 3.05) is 4.90 Å². The maximum atomic E-state index is 13.2. The van der Waals surface area contributed by atoms with Crippen LogP contribution < -0.4 is 10.3 Å². The Balaban J connectivity index is 1.84. The summed E-state index contributed by atoms with van der Waals surface area (Å²) in [5, 5.41) is 9.67. The second-order valence-electron chi connectivity index (χ2n) is 6.11. The molecule has 1 amide bonds. The summed E-state index contributed by atoms with van der Waals surface area (Å²) in [6.45, 7) is 1.81. The van der Waals surface area contributed by atoms with Crippen molar-refractivity contribution in [2.24, 2.45) is 0 Å². The van der Waals surface area contributed by atoms with Gasteiger partial charge in [-0.3, -0.25) is 19.5 Å². The zero-order chi connectivity index (χ0) is 18.5. The molecule has 0 aliphatic carbocycles. The number of benzene rings is 1. The van der Waals surface area contributed by atoms with Crippen LogP contribution in [0.5, 0.6) is 0 Å². The van der Waals surface area contributed by atoms with E-state index in [1.807, 2.05) is 13.0 Å². The zero-order valence-electron chi connectivity index (χ0n) is 14.1. The molecule has 7 nitrogen and oxygen atoms in total. The smallest absolute Gasteiger partial charge is 0.297 e. The van der Waals surface area contributed by atoms with Crippen molar-refractivity contribution in [2.45, 2.75) is 13.0 Å². The summed E-state index contributed by atoms with van der Waals surface area (Å²) in [7, 11) is 0. The standard InChI is InChI=1S/C19H12N4O3S/c1-10-21-22-19(27-10)23-15(12-7-4-5-9-20-12)14-16(24)11-6-2-3-8-13(11)26-17(14)18(23)25/h2-9,15H,1H3. The lowest BCUT2D eigenvalue weighted by molar-refractivity contribution is 0.0970. The number of aromatic nitrogens is 3. The van der Waals surface area contributed by atoms with Crippen LogP contribution in [0.4, 0.5) is 5.13 Å². The number of hydrogen-bond acceptors (Lipinski definition) is 7. The Morgan fingerprint density at radius 1 is 1.07 bits per heavy atom. The monoisotopic (exact) mass is 376 g/mol. The van der Waals surface area contributed by atoms with Crippen LogP contribution in [0.2, 0.25) is 0 Å².